The number of nitrogen functional groups attached to an aromatic ring is 1. The topological polar surface area (TPSA) is 137 Å². The van der Waals surface area contributed by atoms with Gasteiger partial charge in [0.2, 0.25) is 11.6 Å². The van der Waals surface area contributed by atoms with Crippen LogP contribution in [0.5, 0.6) is 0 Å². The average Bonchev–Trinajstić information content (AvgIpc) is 3.41. The first-order valence-corrected chi connectivity index (χ1v) is 9.71. The van der Waals surface area contributed by atoms with Gasteiger partial charge in [-0.25, -0.2) is 10.1 Å². The van der Waals surface area contributed by atoms with Crippen molar-refractivity contribution in [1.29, 1.82) is 0 Å². The Bertz CT molecular complexity index is 1290. The number of hydrogen-bond acceptors (Lipinski definition) is 8. The molecule has 10 nitrogen and oxygen atoms in total. The van der Waals surface area contributed by atoms with Gasteiger partial charge in [-0.1, -0.05) is 71.5 Å². The summed E-state index contributed by atoms with van der Waals surface area (Å²) in [4.78, 5) is 12.9. The number of aryl methyl sites for hydroxylation is 1. The van der Waals surface area contributed by atoms with Crippen LogP contribution in [-0.2, 0) is 0 Å². The molecule has 0 saturated carbocycles. The van der Waals surface area contributed by atoms with Crippen molar-refractivity contribution in [3.05, 3.63) is 77.0 Å². The zero-order chi connectivity index (χ0) is 22.5. The number of aromatic nitrogens is 5. The molecule has 2 heterocycles. The molecule has 0 aliphatic carbocycles. The number of hydrogen-bond donors (Lipinski definition) is 2. The number of benzene rings is 2. The van der Waals surface area contributed by atoms with Crippen LogP contribution < -0.4 is 11.2 Å². The van der Waals surface area contributed by atoms with Gasteiger partial charge in [0.25, 0.3) is 5.91 Å². The molecule has 0 radical (unpaired) electrons. The molecule has 0 aliphatic heterocycles. The lowest BCUT2D eigenvalue weighted by atomic mass is 10.1. The maximum absolute atomic E-state index is 12.9. The van der Waals surface area contributed by atoms with Crippen LogP contribution in [0.1, 0.15) is 28.5 Å². The van der Waals surface area contributed by atoms with E-state index in [1.165, 1.54) is 4.68 Å². The van der Waals surface area contributed by atoms with E-state index >= 15 is 0 Å². The minimum absolute atomic E-state index is 0.0231. The first-order valence-electron chi connectivity index (χ1n) is 9.71. The summed E-state index contributed by atoms with van der Waals surface area (Å²) in [5.74, 6) is -0.377. The lowest BCUT2D eigenvalue weighted by molar-refractivity contribution is 0.0950. The molecule has 0 spiro atoms. The van der Waals surface area contributed by atoms with E-state index in [2.05, 4.69) is 35.8 Å². The van der Waals surface area contributed by atoms with Crippen LogP contribution in [0.3, 0.4) is 0 Å². The van der Waals surface area contributed by atoms with E-state index in [0.717, 1.165) is 16.7 Å². The van der Waals surface area contributed by atoms with Gasteiger partial charge in [-0.05, 0) is 35.3 Å². The Hall–Kier alpha value is -4.60. The summed E-state index contributed by atoms with van der Waals surface area (Å²) in [5, 5.41) is 19.4. The first-order chi connectivity index (χ1) is 15.5. The molecule has 0 unspecified atom stereocenters. The van der Waals surface area contributed by atoms with Crippen LogP contribution >= 0.6 is 0 Å². The maximum atomic E-state index is 12.9. The Morgan fingerprint density at radius 1 is 1.12 bits per heavy atom. The quantitative estimate of drug-likeness (QED) is 0.356. The van der Waals surface area contributed by atoms with Crippen molar-refractivity contribution < 1.29 is 9.42 Å². The Kier molecular flexibility index (Phi) is 5.84. The highest BCUT2D eigenvalue weighted by Gasteiger charge is 2.25. The van der Waals surface area contributed by atoms with Gasteiger partial charge < -0.3 is 5.73 Å². The lowest BCUT2D eigenvalue weighted by Crippen LogP contribution is -2.19. The normalized spacial score (nSPS) is 11.8. The molecule has 3 N–H and O–H groups in total. The Morgan fingerprint density at radius 3 is 2.56 bits per heavy atom. The molecule has 0 bridgehead atoms. The third kappa shape index (κ3) is 4.43. The van der Waals surface area contributed by atoms with Crippen LogP contribution in [0.2, 0.25) is 0 Å². The molecular formula is C22H20N8O2. The zero-order valence-corrected chi connectivity index (χ0v) is 17.4. The van der Waals surface area contributed by atoms with Crippen molar-refractivity contribution >= 4 is 24.0 Å². The SMILES string of the molecule is CC(C=NNC(=O)c1nnn(-c2nonc2N)c1-c1ccc(C)cc1)=Cc1ccccc1. The number of amides is 1. The van der Waals surface area contributed by atoms with Crippen molar-refractivity contribution in [3.63, 3.8) is 0 Å². The summed E-state index contributed by atoms with van der Waals surface area (Å²) >= 11 is 0. The number of allylic oxidation sites excluding steroid dienone is 1. The summed E-state index contributed by atoms with van der Waals surface area (Å²) < 4.78 is 5.99. The standard InChI is InChI=1S/C22H20N8O2/c1-14-8-10-17(11-9-14)19-18(25-29-30(19)21-20(23)27-32-28-21)22(31)26-24-13-15(2)12-16-6-4-3-5-7-16/h3-13H,1-2H3,(H2,23,27)(H,26,31). The van der Waals surface area contributed by atoms with Gasteiger partial charge in [-0.15, -0.1) is 5.10 Å². The number of anilines is 1. The molecule has 10 heteroatoms. The molecule has 160 valence electrons. The fourth-order valence-corrected chi connectivity index (χ4v) is 2.99. The molecule has 4 rings (SSSR count). The van der Waals surface area contributed by atoms with Crippen LogP contribution in [0.15, 0.2) is 69.9 Å². The molecule has 0 atom stereocenters. The summed E-state index contributed by atoms with van der Waals surface area (Å²) in [6, 6.07) is 17.3. The second kappa shape index (κ2) is 9.04. The second-order valence-corrected chi connectivity index (χ2v) is 7.04. The highest BCUT2D eigenvalue weighted by Crippen LogP contribution is 2.26. The third-order valence-electron chi connectivity index (χ3n) is 4.53. The van der Waals surface area contributed by atoms with E-state index < -0.39 is 5.91 Å². The Morgan fingerprint density at radius 2 is 1.88 bits per heavy atom. The van der Waals surface area contributed by atoms with Crippen LogP contribution in [-0.4, -0.2) is 37.4 Å². The Balaban J connectivity index is 1.62. The molecule has 4 aromatic rings. The van der Waals surface area contributed by atoms with E-state index in [1.807, 2.05) is 74.5 Å². The van der Waals surface area contributed by atoms with Gasteiger partial charge in [0.15, 0.2) is 5.69 Å². The molecule has 32 heavy (non-hydrogen) atoms. The molecular weight excluding hydrogens is 408 g/mol. The summed E-state index contributed by atoms with van der Waals surface area (Å²) in [6.07, 6.45) is 3.50. The molecule has 0 aliphatic rings. The second-order valence-electron chi connectivity index (χ2n) is 7.04. The van der Waals surface area contributed by atoms with Crippen LogP contribution in [0.4, 0.5) is 5.82 Å². The number of rotatable bonds is 6. The van der Waals surface area contributed by atoms with Crippen LogP contribution in [0, 0.1) is 6.92 Å². The first kappa shape index (κ1) is 20.7. The average molecular weight is 428 g/mol. The predicted octanol–water partition coefficient (Wildman–Crippen LogP) is 3.03. The molecule has 2 aromatic heterocycles. The number of nitrogens with zero attached hydrogens (tertiary/aromatic N) is 6. The zero-order valence-electron chi connectivity index (χ0n) is 17.4. The van der Waals surface area contributed by atoms with Gasteiger partial charge in [-0.3, -0.25) is 4.79 Å². The highest BCUT2D eigenvalue weighted by atomic mass is 16.6. The van der Waals surface area contributed by atoms with E-state index in [0.29, 0.717) is 11.3 Å². The van der Waals surface area contributed by atoms with Gasteiger partial charge in [-0.2, -0.15) is 9.78 Å². The van der Waals surface area contributed by atoms with Gasteiger partial charge in [0, 0.05) is 5.56 Å². The molecule has 0 saturated heterocycles. The fraction of sp³-hybridized carbons (Fsp3) is 0.0909. The Labute approximate surface area is 183 Å². The number of carbonyl (C=O) groups excluding carboxylic acids is 1. The molecule has 1 amide bonds. The summed E-state index contributed by atoms with van der Waals surface area (Å²) in [7, 11) is 0. The van der Waals surface area contributed by atoms with E-state index in [-0.39, 0.29) is 17.3 Å². The maximum Gasteiger partial charge on any atom is 0.294 e. The van der Waals surface area contributed by atoms with Crippen LogP contribution in [0.25, 0.3) is 23.2 Å². The van der Waals surface area contributed by atoms with Crippen molar-refractivity contribution in [2.45, 2.75) is 13.8 Å². The van der Waals surface area contributed by atoms with Gasteiger partial charge in [0.1, 0.15) is 5.69 Å². The van der Waals surface area contributed by atoms with Crippen molar-refractivity contribution in [2.75, 3.05) is 5.73 Å². The number of carbonyl (C=O) groups is 1. The van der Waals surface area contributed by atoms with E-state index in [4.69, 9.17) is 5.73 Å². The van der Waals surface area contributed by atoms with Crippen molar-refractivity contribution in [2.24, 2.45) is 5.10 Å². The summed E-state index contributed by atoms with van der Waals surface area (Å²) in [6.45, 7) is 3.85. The molecule has 2 aromatic carbocycles. The molecule has 0 fully saturated rings. The van der Waals surface area contributed by atoms with Crippen molar-refractivity contribution in [3.8, 4) is 17.1 Å². The number of nitrogens with one attached hydrogen (secondary N) is 1. The minimum Gasteiger partial charge on any atom is -0.378 e. The third-order valence-corrected chi connectivity index (χ3v) is 4.53. The smallest absolute Gasteiger partial charge is 0.294 e. The van der Waals surface area contributed by atoms with E-state index in [1.54, 1.807) is 6.21 Å². The largest absolute Gasteiger partial charge is 0.378 e. The monoisotopic (exact) mass is 428 g/mol. The number of hydrazone groups is 1. The highest BCUT2D eigenvalue weighted by molar-refractivity contribution is 5.99. The van der Waals surface area contributed by atoms with Gasteiger partial charge >= 0.3 is 0 Å². The fourth-order valence-electron chi connectivity index (χ4n) is 2.99. The van der Waals surface area contributed by atoms with Gasteiger partial charge in [0.05, 0.1) is 6.21 Å². The summed E-state index contributed by atoms with van der Waals surface area (Å²) in [5.41, 5.74) is 12.4. The lowest BCUT2D eigenvalue weighted by Gasteiger charge is -2.06. The van der Waals surface area contributed by atoms with Crippen molar-refractivity contribution in [1.82, 2.24) is 30.7 Å². The van der Waals surface area contributed by atoms with E-state index in [9.17, 15) is 4.79 Å². The predicted molar refractivity (Wildman–Crippen MR) is 120 cm³/mol. The minimum atomic E-state index is -0.536. The number of nitrogens with two attached hydrogens (primary N) is 1.